The van der Waals surface area contributed by atoms with E-state index in [0.717, 1.165) is 110 Å². The van der Waals surface area contributed by atoms with Gasteiger partial charge in [-0.05, 0) is 69.4 Å². The van der Waals surface area contributed by atoms with Gasteiger partial charge in [-0.1, -0.05) is 46.3 Å². The van der Waals surface area contributed by atoms with E-state index in [1.54, 1.807) is 63.0 Å². The van der Waals surface area contributed by atoms with E-state index in [0.29, 0.717) is 86.9 Å². The molecule has 19 rings (SSSR count). The standard InChI is InChI=1S/C33H15BrN2O4S.C32H12N2O4S2.8C4H9.B19.3Sn/c34-23-14-22-27-21(30(37)35(33(22)40)15-4-1-2-5-15)11-8-17-16-7-10-19-26-20(12-9-18(25(16)26)28(23)29(17)27)32(39)36(31(19)38)24-6-3-13-41-24;35-29-19-9-5-15-17-7-11-21-28-22(32(38)34(31(21)37)24-4-2-14-40-24)12-8-18(26(17)28)16-6-10-20(27(19)25(15)16)30(36)33(29)23-3-1-13-39-23;8*1-3-4-2;1-11-16(10)19(17(12(2)3)13(4)5)18(14(6)7)15(8)9;;;/h1-4,6-14H,5H2;1-5,7,9-14H;8*1,3-4H2,2H3;;;;. The monoisotopic (exact) mass is 2190 g/mol. The second-order valence-corrected chi connectivity index (χ2v) is 69.8. The van der Waals surface area contributed by atoms with Crippen LogP contribution in [0.1, 0.15) is 247 Å². The van der Waals surface area contributed by atoms with Gasteiger partial charge in [0.15, 0.2) is 0 Å². The molecule has 1 aliphatic carbocycles. The van der Waals surface area contributed by atoms with Crippen LogP contribution in [0.5, 0.6) is 0 Å². The van der Waals surface area contributed by atoms with Gasteiger partial charge in [0, 0.05) is 190 Å². The van der Waals surface area contributed by atoms with Gasteiger partial charge < -0.3 is 0 Å². The van der Waals surface area contributed by atoms with Crippen LogP contribution in [0.3, 0.4) is 0 Å². The van der Waals surface area contributed by atoms with Crippen molar-refractivity contribution in [2.45, 2.75) is 200 Å². The number of hydrogen-bond donors (Lipinski definition) is 0. The zero-order valence-corrected chi connectivity index (χ0v) is 91.3. The van der Waals surface area contributed by atoms with Gasteiger partial charge in [-0.15, -0.1) is 11.3 Å². The van der Waals surface area contributed by atoms with Crippen molar-refractivity contribution >= 4 is 399 Å². The summed E-state index contributed by atoms with van der Waals surface area (Å²) < 4.78 is 15.6. The predicted molar refractivity (Wildman–Crippen MR) is 605 cm³/mol. The Hall–Kier alpha value is -5.95. The Morgan fingerprint density at radius 2 is 0.644 bits per heavy atom. The summed E-state index contributed by atoms with van der Waals surface area (Å²) in [6, 6.07) is 36.1. The molecular formula is C97H99B19BrN4O8S3Sn3. The second kappa shape index (κ2) is 45.5. The minimum Gasteiger partial charge on any atom is -0.268 e. The van der Waals surface area contributed by atoms with Crippen LogP contribution in [0.15, 0.2) is 160 Å². The van der Waals surface area contributed by atoms with Crippen LogP contribution in [0.4, 0.5) is 15.0 Å². The van der Waals surface area contributed by atoms with Crippen LogP contribution in [-0.2, 0) is 0 Å². The largest absolute Gasteiger partial charge is 0.268 e. The molecule has 10 aromatic carbocycles. The molecule has 5 aliphatic heterocycles. The first-order valence-corrected chi connectivity index (χ1v) is 70.9. The van der Waals surface area contributed by atoms with Gasteiger partial charge in [0.1, 0.15) is 5.00 Å². The van der Waals surface area contributed by atoms with Crippen LogP contribution >= 0.6 is 49.9 Å². The maximum absolute atomic E-state index is 14.6. The van der Waals surface area contributed by atoms with Crippen molar-refractivity contribution in [1.82, 2.24) is 4.90 Å². The van der Waals surface area contributed by atoms with E-state index in [1.807, 2.05) is 101 Å². The van der Waals surface area contributed by atoms with Crippen molar-refractivity contribution in [1.29, 1.82) is 0 Å². The molecule has 649 valence electrons. The average Bonchev–Trinajstić information content (AvgIpc) is 1.52. The number of rotatable bonds is 36. The van der Waals surface area contributed by atoms with Crippen molar-refractivity contribution in [3.8, 4) is 0 Å². The topological polar surface area (TPSA) is 150 Å². The maximum Gasteiger partial charge on any atom is 0.266 e. The van der Waals surface area contributed by atoms with E-state index in [1.165, 1.54) is 145 Å². The minimum atomic E-state index is -3.68. The molecule has 0 spiro atoms. The Kier molecular flexibility index (Phi) is 34.9. The number of halogens is 1. The summed E-state index contributed by atoms with van der Waals surface area (Å²) in [7, 11) is 58.4. The molecule has 0 saturated heterocycles. The Morgan fingerprint density at radius 3 is 0.948 bits per heavy atom. The number of nitrogens with zero attached hydrogens (tertiary/aromatic N) is 4. The molecule has 0 N–H and O–H groups in total. The molecule has 0 atom stereocenters. The second-order valence-electron chi connectivity index (χ2n) is 36.9. The maximum atomic E-state index is 14.6. The van der Waals surface area contributed by atoms with Crippen LogP contribution in [0, 0.1) is 0 Å². The van der Waals surface area contributed by atoms with Gasteiger partial charge in [-0.2, -0.15) is 0 Å². The molecule has 0 unspecified atom stereocenters. The molecular weight excluding hydrogens is 2090 g/mol. The molecule has 0 saturated carbocycles. The fourth-order valence-electron chi connectivity index (χ4n) is 21.7. The van der Waals surface area contributed by atoms with Gasteiger partial charge in [0.25, 0.3) is 23.6 Å². The minimum absolute atomic E-state index is 0.265. The van der Waals surface area contributed by atoms with Crippen molar-refractivity contribution in [3.05, 3.63) is 204 Å². The number of anilines is 3. The molecule has 0 bridgehead atoms. The molecule has 3 aromatic heterocycles. The molecule has 8 heterocycles. The fraction of sp³-hybridized carbons (Fsp3) is 0.340. The molecule has 8 amide bonds. The third-order valence-corrected chi connectivity index (χ3v) is 64.7. The molecule has 38 heteroatoms. The van der Waals surface area contributed by atoms with Crippen LogP contribution in [-0.4, -0.2) is 246 Å². The number of carbonyl (C=O) groups excluding carboxylic acids is 8. The summed E-state index contributed by atoms with van der Waals surface area (Å²) in [5.74, 6) is -2.50. The molecule has 135 heavy (non-hydrogen) atoms. The Morgan fingerprint density at radius 1 is 0.348 bits per heavy atom. The quantitative estimate of drug-likeness (QED) is 0.0163. The number of fused-ring (bicyclic) bond motifs is 3. The summed E-state index contributed by atoms with van der Waals surface area (Å²) in [4.78, 5) is 118. The average molecular weight is 2190 g/mol. The summed E-state index contributed by atoms with van der Waals surface area (Å²) >= 11 is 2.53. The first-order chi connectivity index (χ1) is 65.2. The first kappa shape index (κ1) is 103. The number of carbonyl (C=O) groups is 8. The van der Waals surface area contributed by atoms with Crippen LogP contribution < -0.4 is 21.9 Å². The number of unbranched alkanes of at least 4 members (excludes halogenated alkanes) is 8. The molecule has 13 aromatic rings. The number of hydrogen-bond acceptors (Lipinski definition) is 11. The zero-order valence-electron chi connectivity index (χ0n) is 78.7. The van der Waals surface area contributed by atoms with Crippen molar-refractivity contribution < 1.29 is 38.4 Å². The van der Waals surface area contributed by atoms with Gasteiger partial charge in [0.2, 0.25) is 0 Å². The normalized spacial score (nSPS) is 14.3. The number of benzene rings is 10. The predicted octanol–water partition coefficient (Wildman–Crippen LogP) is 19.3. The van der Waals surface area contributed by atoms with Crippen molar-refractivity contribution in [2.75, 3.05) is 14.7 Å². The van der Waals surface area contributed by atoms with Crippen LogP contribution in [0.2, 0.25) is 35.5 Å². The fourth-order valence-corrected chi connectivity index (χ4v) is 60.1. The summed E-state index contributed by atoms with van der Waals surface area (Å²) in [6.45, 7) is 18.5. The third-order valence-electron chi connectivity index (χ3n) is 28.3. The Balaban J connectivity index is 0.000000144. The summed E-state index contributed by atoms with van der Waals surface area (Å²) in [5.41, 5.74) is 4.85. The zero-order chi connectivity index (χ0) is 96.3. The first-order valence-electron chi connectivity index (χ1n) is 48.4. The van der Waals surface area contributed by atoms with E-state index in [2.05, 4.69) is 83.5 Å². The summed E-state index contributed by atoms with van der Waals surface area (Å²) in [5, 5.41) is 21.5. The van der Waals surface area contributed by atoms with E-state index >= 15 is 0 Å². The SMILES string of the molecule is CCC[CH2][Sn]([CH2]CCC)[CH2]CCC.CCC[CH2][Sn]([CH2]CCC)[CH2]CCC.CCC[CH2][Sn]1([CH2]CCC)[c]2cc3c4c(ccc5c6ccc7c8c(c[c]1c(c2c45)c86)C(=O)N(c1cccs1)C7=O)C(=O)N(c1cccs1)C3=O.O=C1c2ccc3c4ccc5c6c(ccc(c7c(Br)cc(c2c37)C(=O)N1C1=CC=CC1)c64)C(=O)N(c1cccs1)C5=O.[B][B]B([B])B(B(B([B])[B])B([B])[B])B(B([B])[B])B([B])[B]. The third kappa shape index (κ3) is 19.5. The van der Waals surface area contributed by atoms with E-state index in [9.17, 15) is 38.4 Å². The van der Waals surface area contributed by atoms with Gasteiger partial charge >= 0.3 is 481 Å². The van der Waals surface area contributed by atoms with Crippen LogP contribution in [0.25, 0.3) is 86.2 Å². The number of imide groups is 4. The van der Waals surface area contributed by atoms with Gasteiger partial charge in [0.05, 0.1) is 5.56 Å². The molecule has 12 nitrogen and oxygen atoms in total. The number of amides is 8. The smallest absolute Gasteiger partial charge is 0.266 e. The van der Waals surface area contributed by atoms with Gasteiger partial charge in [-0.3, -0.25) is 19.2 Å². The van der Waals surface area contributed by atoms with Crippen molar-refractivity contribution in [2.24, 2.45) is 0 Å². The van der Waals surface area contributed by atoms with E-state index in [-0.39, 0.29) is 47.3 Å². The van der Waals surface area contributed by atoms with E-state index in [4.69, 9.17) is 77.4 Å². The van der Waals surface area contributed by atoms with Gasteiger partial charge in [-0.25, -0.2) is 9.80 Å². The van der Waals surface area contributed by atoms with E-state index < -0.39 is 109 Å². The Bertz CT molecular complexity index is 6420. The molecule has 0 fully saturated rings. The Labute approximate surface area is 852 Å². The molecule has 6 aliphatic rings. The number of allylic oxidation sites excluding steroid dienone is 3. The molecule has 23 radical (unpaired) electrons. The summed E-state index contributed by atoms with van der Waals surface area (Å²) in [6.07, 6.45) is 22.3. The van der Waals surface area contributed by atoms with Crippen molar-refractivity contribution in [3.63, 3.8) is 0 Å². The number of thiophene rings is 3.